The maximum atomic E-state index is 11.4. The number of rotatable bonds is 4. The minimum Gasteiger partial charge on any atom is -0.331 e. The van der Waals surface area contributed by atoms with Gasteiger partial charge in [-0.1, -0.05) is 13.8 Å². The van der Waals surface area contributed by atoms with Gasteiger partial charge < -0.3 is 4.57 Å². The molecule has 0 bridgehead atoms. The number of aryl methyl sites for hydroxylation is 1. The van der Waals surface area contributed by atoms with Crippen LogP contribution in [0.5, 0.6) is 0 Å². The van der Waals surface area contributed by atoms with Crippen molar-refractivity contribution < 1.29 is 8.42 Å². The van der Waals surface area contributed by atoms with Gasteiger partial charge in [-0.15, -0.1) is 0 Å². The van der Waals surface area contributed by atoms with Crippen molar-refractivity contribution in [1.29, 1.82) is 0 Å². The molecule has 1 aromatic heterocycles. The maximum Gasteiger partial charge on any atom is 0.238 e. The van der Waals surface area contributed by atoms with Crippen LogP contribution in [0, 0.1) is 0 Å². The van der Waals surface area contributed by atoms with Crippen LogP contribution in [-0.4, -0.2) is 18.0 Å². The number of hydrogen-bond donors (Lipinski definition) is 0. The molecular weight excluding hydrogens is 272 g/mol. The molecule has 0 fully saturated rings. The second-order valence-corrected chi connectivity index (χ2v) is 7.74. The van der Waals surface area contributed by atoms with Crippen molar-refractivity contribution >= 4 is 19.7 Å². The van der Waals surface area contributed by atoms with E-state index in [9.17, 15) is 8.42 Å². The highest BCUT2D eigenvalue weighted by Gasteiger charge is 2.25. The molecule has 1 unspecified atom stereocenters. The highest BCUT2D eigenvalue weighted by atomic mass is 35.7. The number of fused-ring (bicyclic) bond motifs is 1. The fourth-order valence-electron chi connectivity index (χ4n) is 2.47. The van der Waals surface area contributed by atoms with Gasteiger partial charge in [0.05, 0.1) is 11.4 Å². The number of aromatic nitrogens is 2. The van der Waals surface area contributed by atoms with Gasteiger partial charge >= 0.3 is 0 Å². The van der Waals surface area contributed by atoms with E-state index in [1.54, 1.807) is 0 Å². The molecule has 1 aliphatic heterocycles. The molecule has 4 nitrogen and oxygen atoms in total. The van der Waals surface area contributed by atoms with E-state index in [1.165, 1.54) is 0 Å². The fourth-order valence-corrected chi connectivity index (χ4v) is 3.41. The molecule has 2 rings (SSSR count). The molecule has 1 aliphatic rings. The first-order chi connectivity index (χ1) is 8.42. The lowest BCUT2D eigenvalue weighted by Crippen LogP contribution is -2.14. The predicted molar refractivity (Wildman–Crippen MR) is 72.3 cm³/mol. The van der Waals surface area contributed by atoms with Crippen molar-refractivity contribution in [2.24, 2.45) is 0 Å². The van der Waals surface area contributed by atoms with Gasteiger partial charge in [-0.05, 0) is 25.2 Å². The zero-order valence-electron chi connectivity index (χ0n) is 10.8. The van der Waals surface area contributed by atoms with Gasteiger partial charge in [-0.25, -0.2) is 13.4 Å². The summed E-state index contributed by atoms with van der Waals surface area (Å²) in [6.07, 6.45) is 4.10. The standard InChI is InChI=1S/C12H19ClN2O2S/c1-3-9(2)12-10(8-18(13,16)17)15-7-5-4-6-11(15)14-12/h9H,3-8H2,1-2H3. The van der Waals surface area contributed by atoms with Gasteiger partial charge in [0.25, 0.3) is 0 Å². The Hall–Kier alpha value is -0.550. The summed E-state index contributed by atoms with van der Waals surface area (Å²) in [6.45, 7) is 5.03. The maximum absolute atomic E-state index is 11.4. The Morgan fingerprint density at radius 1 is 1.44 bits per heavy atom. The molecule has 102 valence electrons. The Kier molecular flexibility index (Phi) is 4.02. The first kappa shape index (κ1) is 13.9. The Morgan fingerprint density at radius 2 is 2.17 bits per heavy atom. The van der Waals surface area contributed by atoms with Crippen LogP contribution in [0.15, 0.2) is 0 Å². The topological polar surface area (TPSA) is 52.0 Å². The molecule has 1 atom stereocenters. The monoisotopic (exact) mass is 290 g/mol. The van der Waals surface area contributed by atoms with Crippen LogP contribution >= 0.6 is 10.7 Å². The number of halogens is 1. The molecule has 1 aromatic rings. The van der Waals surface area contributed by atoms with Crippen molar-refractivity contribution in [2.75, 3.05) is 0 Å². The number of hydrogen-bond acceptors (Lipinski definition) is 3. The molecule has 0 N–H and O–H groups in total. The van der Waals surface area contributed by atoms with Crippen LogP contribution in [0.4, 0.5) is 0 Å². The second kappa shape index (κ2) is 5.21. The Morgan fingerprint density at radius 3 is 2.78 bits per heavy atom. The van der Waals surface area contributed by atoms with E-state index in [-0.39, 0.29) is 11.7 Å². The van der Waals surface area contributed by atoms with Gasteiger partial charge in [-0.2, -0.15) is 0 Å². The van der Waals surface area contributed by atoms with Gasteiger partial charge in [-0.3, -0.25) is 0 Å². The molecular formula is C12H19ClN2O2S. The summed E-state index contributed by atoms with van der Waals surface area (Å²) in [6, 6.07) is 0. The van der Waals surface area contributed by atoms with Gasteiger partial charge in [0, 0.05) is 23.6 Å². The predicted octanol–water partition coefficient (Wildman–Crippen LogP) is 2.80. The number of imidazole rings is 1. The first-order valence-electron chi connectivity index (χ1n) is 6.43. The van der Waals surface area contributed by atoms with E-state index in [1.807, 2.05) is 0 Å². The highest BCUT2D eigenvalue weighted by molar-refractivity contribution is 8.13. The van der Waals surface area contributed by atoms with Crippen molar-refractivity contribution in [2.45, 2.75) is 57.7 Å². The molecule has 2 heterocycles. The van der Waals surface area contributed by atoms with Crippen molar-refractivity contribution in [3.63, 3.8) is 0 Å². The van der Waals surface area contributed by atoms with Crippen LogP contribution < -0.4 is 0 Å². The Labute approximate surface area is 113 Å². The van der Waals surface area contributed by atoms with E-state index in [4.69, 9.17) is 10.7 Å². The zero-order chi connectivity index (χ0) is 13.3. The molecule has 0 saturated heterocycles. The van der Waals surface area contributed by atoms with E-state index in [0.717, 1.165) is 49.4 Å². The van der Waals surface area contributed by atoms with Gasteiger partial charge in [0.15, 0.2) is 0 Å². The largest absolute Gasteiger partial charge is 0.331 e. The van der Waals surface area contributed by atoms with E-state index in [2.05, 4.69) is 23.4 Å². The van der Waals surface area contributed by atoms with Crippen LogP contribution in [0.2, 0.25) is 0 Å². The van der Waals surface area contributed by atoms with E-state index < -0.39 is 9.05 Å². The van der Waals surface area contributed by atoms with Crippen LogP contribution in [0.3, 0.4) is 0 Å². The molecule has 0 amide bonds. The van der Waals surface area contributed by atoms with Crippen LogP contribution in [0.25, 0.3) is 0 Å². The van der Waals surface area contributed by atoms with Crippen LogP contribution in [0.1, 0.15) is 56.2 Å². The highest BCUT2D eigenvalue weighted by Crippen LogP contribution is 2.28. The summed E-state index contributed by atoms with van der Waals surface area (Å²) in [5.41, 5.74) is 1.72. The summed E-state index contributed by atoms with van der Waals surface area (Å²) < 4.78 is 24.8. The second-order valence-electron chi connectivity index (χ2n) is 4.96. The third-order valence-corrected chi connectivity index (χ3v) is 4.55. The fraction of sp³-hybridized carbons (Fsp3) is 0.750. The lowest BCUT2D eigenvalue weighted by molar-refractivity contribution is 0.511. The average Bonchev–Trinajstić information content (AvgIpc) is 2.65. The molecule has 0 spiro atoms. The molecule has 0 radical (unpaired) electrons. The molecule has 0 saturated carbocycles. The normalized spacial score (nSPS) is 17.5. The molecule has 6 heteroatoms. The summed E-state index contributed by atoms with van der Waals surface area (Å²) in [5.74, 6) is 1.18. The lowest BCUT2D eigenvalue weighted by Gasteiger charge is -2.16. The molecule has 0 aromatic carbocycles. The lowest BCUT2D eigenvalue weighted by atomic mass is 10.0. The SMILES string of the molecule is CCC(C)c1nc2n(c1CS(=O)(=O)Cl)CCCC2. The summed E-state index contributed by atoms with van der Waals surface area (Å²) in [7, 11) is 1.88. The third kappa shape index (κ3) is 2.88. The smallest absolute Gasteiger partial charge is 0.238 e. The van der Waals surface area contributed by atoms with Gasteiger partial charge in [0.2, 0.25) is 9.05 Å². The molecule has 0 aliphatic carbocycles. The third-order valence-electron chi connectivity index (χ3n) is 3.60. The minimum atomic E-state index is -3.53. The quantitative estimate of drug-likeness (QED) is 0.801. The minimum absolute atomic E-state index is 0.110. The molecule has 18 heavy (non-hydrogen) atoms. The van der Waals surface area contributed by atoms with Crippen molar-refractivity contribution in [1.82, 2.24) is 9.55 Å². The summed E-state index contributed by atoms with van der Waals surface area (Å²) in [5, 5.41) is 0. The first-order valence-corrected chi connectivity index (χ1v) is 8.90. The summed E-state index contributed by atoms with van der Waals surface area (Å²) >= 11 is 0. The van der Waals surface area contributed by atoms with Crippen LogP contribution in [-0.2, 0) is 27.8 Å². The van der Waals surface area contributed by atoms with Crippen molar-refractivity contribution in [3.8, 4) is 0 Å². The Balaban J connectivity index is 2.48. The zero-order valence-corrected chi connectivity index (χ0v) is 12.4. The number of nitrogens with zero attached hydrogens (tertiary/aromatic N) is 2. The Bertz CT molecular complexity index is 537. The van der Waals surface area contributed by atoms with E-state index >= 15 is 0 Å². The average molecular weight is 291 g/mol. The van der Waals surface area contributed by atoms with E-state index in [0.29, 0.717) is 0 Å². The van der Waals surface area contributed by atoms with Gasteiger partial charge in [0.1, 0.15) is 11.6 Å². The summed E-state index contributed by atoms with van der Waals surface area (Å²) in [4.78, 5) is 4.65. The van der Waals surface area contributed by atoms with Crippen molar-refractivity contribution in [3.05, 3.63) is 17.2 Å².